The summed E-state index contributed by atoms with van der Waals surface area (Å²) in [5.41, 5.74) is 8.91. The van der Waals surface area contributed by atoms with E-state index in [1.54, 1.807) is 0 Å². The number of aromatic nitrogens is 2. The highest BCUT2D eigenvalue weighted by molar-refractivity contribution is 6.18. The number of furan rings is 1. The molecule has 4 heterocycles. The van der Waals surface area contributed by atoms with E-state index in [0.29, 0.717) is 23.1 Å². The normalized spacial score (nSPS) is 19.6. The van der Waals surface area contributed by atoms with Crippen LogP contribution in [0.4, 0.5) is 0 Å². The molecular formula is C54H65N2O2+. The van der Waals surface area contributed by atoms with E-state index in [1.165, 1.54) is 57.9 Å². The molecule has 1 aliphatic carbocycles. The maximum Gasteiger partial charge on any atom is 0.346 e. The highest BCUT2D eigenvalue weighted by atomic mass is 16.5. The van der Waals surface area contributed by atoms with Crippen molar-refractivity contribution in [1.29, 1.82) is 0 Å². The maximum absolute atomic E-state index is 8.87. The molecule has 1 saturated carbocycles. The van der Waals surface area contributed by atoms with Crippen LogP contribution in [0.5, 0.6) is 0 Å². The third kappa shape index (κ3) is 5.89. The van der Waals surface area contributed by atoms with Crippen LogP contribution in [0.1, 0.15) is 145 Å². The van der Waals surface area contributed by atoms with E-state index in [1.807, 2.05) is 26.0 Å². The molecule has 1 atom stereocenters. The van der Waals surface area contributed by atoms with Gasteiger partial charge in [-0.2, -0.15) is 4.57 Å². The third-order valence-electron chi connectivity index (χ3n) is 14.0. The van der Waals surface area contributed by atoms with Gasteiger partial charge in [0.15, 0.2) is 5.69 Å². The Bertz CT molecular complexity index is 2730. The van der Waals surface area contributed by atoms with Gasteiger partial charge in [-0.3, -0.25) is 0 Å². The van der Waals surface area contributed by atoms with Crippen molar-refractivity contribution in [3.63, 3.8) is 0 Å². The molecule has 4 nitrogen and oxygen atoms in total. The lowest BCUT2D eigenvalue weighted by molar-refractivity contribution is -0.777. The lowest BCUT2D eigenvalue weighted by atomic mass is 9.70. The number of fused-ring (bicyclic) bond motifs is 13. The second-order valence-electron chi connectivity index (χ2n) is 19.0. The fourth-order valence-electron chi connectivity index (χ4n) is 11.3. The van der Waals surface area contributed by atoms with Gasteiger partial charge >= 0.3 is 17.3 Å². The predicted octanol–water partition coefficient (Wildman–Crippen LogP) is 14.7. The summed E-state index contributed by atoms with van der Waals surface area (Å²) in [5, 5.41) is 6.52. The summed E-state index contributed by atoms with van der Waals surface area (Å²) in [6.45, 7) is 22.5. The first-order chi connectivity index (χ1) is 28.7. The number of hydrogen-bond acceptors (Lipinski definition) is 3. The summed E-state index contributed by atoms with van der Waals surface area (Å²) in [5.74, 6) is 2.91. The fourth-order valence-corrected chi connectivity index (χ4v) is 11.3. The smallest absolute Gasteiger partial charge is 0.346 e. The molecule has 3 aliphatic rings. The lowest BCUT2D eigenvalue weighted by Crippen LogP contribution is -2.62. The summed E-state index contributed by atoms with van der Waals surface area (Å²) in [7, 11) is 0. The number of rotatable bonds is 9. The van der Waals surface area contributed by atoms with Gasteiger partial charge in [-0.15, -0.1) is 0 Å². The Balaban J connectivity index is 1.48. The van der Waals surface area contributed by atoms with Gasteiger partial charge in [0.25, 0.3) is 0 Å². The van der Waals surface area contributed by atoms with E-state index in [0.717, 1.165) is 82.9 Å². The molecule has 302 valence electrons. The second kappa shape index (κ2) is 14.7. The molecule has 1 fully saturated rings. The van der Waals surface area contributed by atoms with Gasteiger partial charge in [0, 0.05) is 37.5 Å². The van der Waals surface area contributed by atoms with E-state index in [4.69, 9.17) is 16.9 Å². The number of allylic oxidation sites excluding steroid dienone is 3. The van der Waals surface area contributed by atoms with Crippen molar-refractivity contribution in [1.82, 2.24) is 4.98 Å². The summed E-state index contributed by atoms with van der Waals surface area (Å²) < 4.78 is 35.4. The molecule has 0 radical (unpaired) electrons. The summed E-state index contributed by atoms with van der Waals surface area (Å²) in [6.07, 6.45) is 11.3. The monoisotopic (exact) mass is 776 g/mol. The van der Waals surface area contributed by atoms with E-state index >= 15 is 0 Å². The Morgan fingerprint density at radius 3 is 2.21 bits per heavy atom. The maximum atomic E-state index is 8.87. The highest BCUT2D eigenvalue weighted by Gasteiger charge is 2.61. The van der Waals surface area contributed by atoms with Crippen LogP contribution in [-0.2, 0) is 22.2 Å². The minimum atomic E-state index is -1.45. The van der Waals surface area contributed by atoms with Crippen LogP contribution in [0, 0.1) is 30.6 Å². The molecule has 0 amide bonds. The highest BCUT2D eigenvalue weighted by Crippen LogP contribution is 2.58. The summed E-state index contributed by atoms with van der Waals surface area (Å²) >= 11 is 0. The Labute approximate surface area is 349 Å². The van der Waals surface area contributed by atoms with Gasteiger partial charge in [0.2, 0.25) is 0 Å². The van der Waals surface area contributed by atoms with E-state index in [9.17, 15) is 0 Å². The Morgan fingerprint density at radius 1 is 0.845 bits per heavy atom. The van der Waals surface area contributed by atoms with E-state index < -0.39 is 12.1 Å². The number of benzene rings is 4. The van der Waals surface area contributed by atoms with Gasteiger partial charge in [0.05, 0.1) is 5.56 Å². The number of aryl methyl sites for hydroxylation is 1. The first kappa shape index (κ1) is 36.6. The zero-order valence-electron chi connectivity index (χ0n) is 38.7. The average molecular weight is 776 g/mol. The molecule has 2 aliphatic heterocycles. The second-order valence-corrected chi connectivity index (χ2v) is 19.0. The molecule has 1 unspecified atom stereocenters. The summed E-state index contributed by atoms with van der Waals surface area (Å²) in [6, 6.07) is 22.0. The van der Waals surface area contributed by atoms with Crippen LogP contribution in [0.25, 0.3) is 54.9 Å². The molecule has 9 rings (SSSR count). The molecule has 58 heavy (non-hydrogen) atoms. The Hall–Kier alpha value is -4.44. The molecule has 4 aromatic carbocycles. The molecular weight excluding hydrogens is 709 g/mol. The SMILES string of the molecule is [2H]C([2H])(c1ccc2c(ccc3c2oc2nc(C)[n+]4c(c23)-c2cc(C(C)(C)C)c3ccccc3c2C42OC(C(CC)CC)=CC(C(CC)CC)=C2C2CCCCC2)c1)C(C)C. The quantitative estimate of drug-likeness (QED) is 0.137. The van der Waals surface area contributed by atoms with Gasteiger partial charge in [-0.25, -0.2) is 0 Å². The number of ether oxygens (including phenoxy) is 1. The van der Waals surface area contributed by atoms with Crippen LogP contribution in [-0.4, -0.2) is 4.98 Å². The predicted molar refractivity (Wildman–Crippen MR) is 242 cm³/mol. The molecule has 0 saturated heterocycles. The van der Waals surface area contributed by atoms with Gasteiger partial charge < -0.3 is 9.15 Å². The molecule has 2 aromatic heterocycles. The first-order valence-electron chi connectivity index (χ1n) is 23.7. The van der Waals surface area contributed by atoms with Crippen LogP contribution in [0.2, 0.25) is 0 Å². The average Bonchev–Trinajstić information content (AvgIpc) is 3.74. The van der Waals surface area contributed by atoms with E-state index in [-0.39, 0.29) is 17.3 Å². The fraction of sp³-hybridized carbons (Fsp3) is 0.481. The van der Waals surface area contributed by atoms with Crippen LogP contribution in [0.15, 0.2) is 88.1 Å². The molecule has 0 bridgehead atoms. The lowest BCUT2D eigenvalue weighted by Gasteiger charge is -2.44. The van der Waals surface area contributed by atoms with Crippen molar-refractivity contribution >= 4 is 43.6 Å². The van der Waals surface area contributed by atoms with E-state index in [2.05, 4.69) is 115 Å². The van der Waals surface area contributed by atoms with Crippen molar-refractivity contribution in [2.75, 3.05) is 0 Å². The largest absolute Gasteiger partial charge is 0.446 e. The minimum absolute atomic E-state index is 0.125. The standard InChI is InChI=1S/C54H65N2O2/c1-11-35(12-2)43-31-46(36(13-3)14-4)58-54(48(43)37-20-16-15-17-21-37)49-41-23-19-18-22-40(41)45(53(8,9)10)30-44(49)50-47-42-27-25-38-29-34(28-32(5)6)24-26-39(38)51(42)57-52(47)55-33(7)56(50)54/h18-19,22-27,29-32,35-37H,11-17,20-21,28H2,1-10H3/q+1/i28D2. The van der Waals surface area contributed by atoms with Gasteiger partial charge in [-0.05, 0) is 124 Å². The van der Waals surface area contributed by atoms with Gasteiger partial charge in [-0.1, -0.05) is 130 Å². The third-order valence-corrected chi connectivity index (χ3v) is 14.0. The van der Waals surface area contributed by atoms with Crippen molar-refractivity contribution in [2.45, 2.75) is 145 Å². The van der Waals surface area contributed by atoms with Crippen molar-refractivity contribution in [2.24, 2.45) is 23.7 Å². The number of nitrogens with zero attached hydrogens (tertiary/aromatic N) is 2. The molecule has 0 N–H and O–H groups in total. The zero-order valence-corrected chi connectivity index (χ0v) is 36.7. The van der Waals surface area contributed by atoms with Crippen LogP contribution in [0.3, 0.4) is 0 Å². The topological polar surface area (TPSA) is 39.1 Å². The van der Waals surface area contributed by atoms with Crippen molar-refractivity contribution < 1.29 is 16.5 Å². The zero-order chi connectivity index (χ0) is 42.5. The molecule has 1 spiro atoms. The first-order valence-corrected chi connectivity index (χ1v) is 22.7. The number of hydrogen-bond donors (Lipinski definition) is 0. The molecule has 4 heteroatoms. The van der Waals surface area contributed by atoms with Crippen LogP contribution < -0.4 is 4.57 Å². The summed E-state index contributed by atoms with van der Waals surface area (Å²) in [4.78, 5) is 5.47. The Morgan fingerprint density at radius 2 is 1.53 bits per heavy atom. The molecule has 6 aromatic rings. The van der Waals surface area contributed by atoms with Crippen molar-refractivity contribution in [3.8, 4) is 11.3 Å². The minimum Gasteiger partial charge on any atom is -0.446 e. The van der Waals surface area contributed by atoms with Gasteiger partial charge in [0.1, 0.15) is 16.7 Å². The Kier molecular flexibility index (Phi) is 9.27. The van der Waals surface area contributed by atoms with Crippen LogP contribution >= 0.6 is 0 Å². The van der Waals surface area contributed by atoms with Crippen molar-refractivity contribution in [3.05, 3.63) is 106 Å².